The summed E-state index contributed by atoms with van der Waals surface area (Å²) < 4.78 is 137. The van der Waals surface area contributed by atoms with Gasteiger partial charge in [-0.25, -0.2) is 38.2 Å². The van der Waals surface area contributed by atoms with Crippen LogP contribution in [0.25, 0.3) is 33.5 Å². The Morgan fingerprint density at radius 1 is 0.750 bits per heavy atom. The summed E-state index contributed by atoms with van der Waals surface area (Å²) >= 11 is 0. The first-order valence-corrected chi connectivity index (χ1v) is 29.3. The molecule has 0 aliphatic carbocycles. The molecule has 3 aliphatic rings. The molecular weight excluding hydrogens is 1170 g/mol. The molecule has 15 N–H and O–H groups in total. The molecule has 4 unspecified atom stereocenters. The van der Waals surface area contributed by atoms with Gasteiger partial charge in [0, 0.05) is 12.5 Å². The number of H-pyrrole nitrogens is 2. The largest absolute Gasteiger partial charge is 0.490 e. The van der Waals surface area contributed by atoms with E-state index in [4.69, 9.17) is 49.7 Å². The number of fused-ring (bicyclic) bond motifs is 3. The number of hydrogen-bond donors (Lipinski definition) is 12. The van der Waals surface area contributed by atoms with Crippen molar-refractivity contribution in [2.75, 3.05) is 50.2 Å². The molecule has 440 valence electrons. The number of phosphoric acid groups is 3. The lowest BCUT2D eigenvalue weighted by molar-refractivity contribution is -0.745. The Labute approximate surface area is 443 Å². The van der Waals surface area contributed by atoms with Gasteiger partial charge in [-0.3, -0.25) is 46.9 Å². The summed E-state index contributed by atoms with van der Waals surface area (Å²) in [5.74, 6) is -2.06. The highest BCUT2D eigenvalue weighted by Crippen LogP contribution is 2.68. The average Bonchev–Trinajstić information content (AvgIpc) is 4.43. The van der Waals surface area contributed by atoms with Crippen LogP contribution in [0.3, 0.4) is 0 Å². The smallest absolute Gasteiger partial charge is 0.387 e. The minimum Gasteiger partial charge on any atom is -0.387 e. The first-order chi connectivity index (χ1) is 37.6. The molecule has 3 saturated heterocycles. The maximum atomic E-state index is 14.6. The molecule has 6 aromatic rings. The van der Waals surface area contributed by atoms with Crippen molar-refractivity contribution in [1.29, 1.82) is 0 Å². The van der Waals surface area contributed by atoms with Crippen LogP contribution in [-0.4, -0.2) is 176 Å². The molecular formula is C36H50F2N15O23P4+. The number of aliphatic hydroxyl groups excluding tert-OH is 3. The van der Waals surface area contributed by atoms with Crippen molar-refractivity contribution in [3.63, 3.8) is 0 Å². The van der Waals surface area contributed by atoms with Gasteiger partial charge in [-0.05, 0) is 13.3 Å². The number of alkyl halides is 2. The fraction of sp³-hybridized carbons (Fsp3) is 0.583. The molecule has 80 heavy (non-hydrogen) atoms. The SMILES string of the molecule is CCO[C@@H]1[C@H](P(=O)(O)OC[C@H]2O[C@@H](n3cnc4c(=O)[nH]c(N)nc43)[C@H](O)[C@@H]2O)[C@@H](COP(=O)(O)OP(=O)(O)OP(=O)(O)OC[C@H]2O[C@@H]([n+]3cn(C)c4c(=O)[nH]c(N)nc43)[C@H](O)[C@@H]2CCOC(F)F)O[C@H]1n1cnc2c(N)ncnc21. The number of hydrogen-bond acceptors (Lipinski definition) is 28. The molecule has 38 nitrogen and oxygen atoms in total. The van der Waals surface area contributed by atoms with E-state index in [0.717, 1.165) is 28.1 Å². The number of nitrogens with two attached hydrogens (primary N) is 3. The maximum Gasteiger partial charge on any atom is 0.490 e. The van der Waals surface area contributed by atoms with E-state index >= 15 is 0 Å². The van der Waals surface area contributed by atoms with E-state index < -0.39 is 155 Å². The highest BCUT2D eigenvalue weighted by atomic mass is 31.3. The zero-order valence-corrected chi connectivity index (χ0v) is 44.5. The van der Waals surface area contributed by atoms with Gasteiger partial charge in [-0.1, -0.05) is 4.98 Å². The molecule has 0 amide bonds. The molecule has 9 rings (SSSR count). The van der Waals surface area contributed by atoms with Gasteiger partial charge in [-0.2, -0.15) is 22.4 Å². The van der Waals surface area contributed by atoms with Crippen molar-refractivity contribution < 1.29 is 112 Å². The van der Waals surface area contributed by atoms with Crippen LogP contribution in [0.4, 0.5) is 26.5 Å². The molecule has 44 heteroatoms. The molecule has 0 spiro atoms. The molecule has 3 aliphatic heterocycles. The number of phosphoric ester groups is 2. The van der Waals surface area contributed by atoms with Crippen molar-refractivity contribution in [2.24, 2.45) is 13.0 Å². The highest BCUT2D eigenvalue weighted by molar-refractivity contribution is 7.66. The van der Waals surface area contributed by atoms with E-state index in [-0.39, 0.29) is 57.8 Å². The van der Waals surface area contributed by atoms with Crippen LogP contribution in [-0.2, 0) is 71.2 Å². The second-order valence-corrected chi connectivity index (χ2v) is 24.4. The van der Waals surface area contributed by atoms with Gasteiger partial charge in [0.1, 0.15) is 54.1 Å². The lowest BCUT2D eigenvalue weighted by Gasteiger charge is -2.28. The fourth-order valence-electron chi connectivity index (χ4n) is 9.34. The molecule has 0 saturated carbocycles. The number of halogens is 2. The summed E-state index contributed by atoms with van der Waals surface area (Å²) in [5.41, 5.74) is 13.4. The van der Waals surface area contributed by atoms with Crippen LogP contribution in [0.5, 0.6) is 0 Å². The second kappa shape index (κ2) is 22.8. The third-order valence-electron chi connectivity index (χ3n) is 12.7. The Balaban J connectivity index is 0.900. The molecule has 3 fully saturated rings. The topological polar surface area (TPSA) is 542 Å². The summed E-state index contributed by atoms with van der Waals surface area (Å²) in [7, 11) is -22.2. The molecule has 6 aromatic heterocycles. The van der Waals surface area contributed by atoms with Crippen LogP contribution in [0.1, 0.15) is 32.0 Å². The zero-order chi connectivity index (χ0) is 58.0. The molecule has 9 heterocycles. The first kappa shape index (κ1) is 59.4. The van der Waals surface area contributed by atoms with Crippen molar-refractivity contribution >= 4 is 82.3 Å². The number of aliphatic hydroxyl groups is 3. The van der Waals surface area contributed by atoms with Crippen LogP contribution in [0.15, 0.2) is 34.9 Å². The summed E-state index contributed by atoms with van der Waals surface area (Å²) in [6.07, 6.45) is -12.6. The van der Waals surface area contributed by atoms with Gasteiger partial charge >= 0.3 is 43.3 Å². The number of nitrogen functional groups attached to an aromatic ring is 3. The lowest BCUT2D eigenvalue weighted by atomic mass is 9.95. The Hall–Kier alpha value is -5.25. The van der Waals surface area contributed by atoms with Gasteiger partial charge in [-0.15, -0.1) is 0 Å². The first-order valence-electron chi connectivity index (χ1n) is 23.2. The average molecular weight is 1220 g/mol. The van der Waals surface area contributed by atoms with E-state index in [0.29, 0.717) is 0 Å². The lowest BCUT2D eigenvalue weighted by Crippen LogP contribution is -2.45. The Morgan fingerprint density at radius 2 is 1.36 bits per heavy atom. The van der Waals surface area contributed by atoms with E-state index in [9.17, 15) is 71.5 Å². The maximum absolute atomic E-state index is 14.6. The summed E-state index contributed by atoms with van der Waals surface area (Å²) in [6.45, 7) is -6.14. The van der Waals surface area contributed by atoms with E-state index in [1.165, 1.54) is 29.4 Å². The van der Waals surface area contributed by atoms with E-state index in [1.54, 1.807) is 0 Å². The number of anilines is 3. The van der Waals surface area contributed by atoms with Gasteiger partial charge in [0.2, 0.25) is 17.7 Å². The number of imidazole rings is 3. The van der Waals surface area contributed by atoms with Crippen LogP contribution < -0.4 is 32.9 Å². The Bertz CT molecular complexity index is 3590. The van der Waals surface area contributed by atoms with Crippen LogP contribution in [0.2, 0.25) is 0 Å². The molecule has 0 aromatic carbocycles. The van der Waals surface area contributed by atoms with Crippen molar-refractivity contribution in [3.8, 4) is 0 Å². The van der Waals surface area contributed by atoms with Gasteiger partial charge < -0.3 is 80.3 Å². The van der Waals surface area contributed by atoms with Crippen LogP contribution in [0, 0.1) is 5.92 Å². The number of aromatic nitrogens is 12. The Morgan fingerprint density at radius 3 is 2.04 bits per heavy atom. The minimum absolute atomic E-state index is 0.0182. The number of aromatic amines is 2. The number of ether oxygens (including phenoxy) is 5. The predicted molar refractivity (Wildman–Crippen MR) is 257 cm³/mol. The number of nitrogens with zero attached hydrogens (tertiary/aromatic N) is 10. The summed E-state index contributed by atoms with van der Waals surface area (Å²) in [6, 6.07) is 0. The van der Waals surface area contributed by atoms with E-state index in [2.05, 4.69) is 53.2 Å². The molecule has 0 radical (unpaired) electrons. The number of nitrogens with one attached hydrogen (secondary N) is 2. The highest BCUT2D eigenvalue weighted by Gasteiger charge is 2.58. The van der Waals surface area contributed by atoms with Gasteiger partial charge in [0.25, 0.3) is 17.1 Å². The summed E-state index contributed by atoms with van der Waals surface area (Å²) in [4.78, 5) is 97.4. The van der Waals surface area contributed by atoms with Crippen LogP contribution >= 0.6 is 31.1 Å². The van der Waals surface area contributed by atoms with Crippen molar-refractivity contribution in [1.82, 2.24) is 53.6 Å². The minimum atomic E-state index is -6.29. The fourth-order valence-corrected chi connectivity index (χ4v) is 14.6. The zero-order valence-electron chi connectivity index (χ0n) is 41.0. The quantitative estimate of drug-likeness (QED) is 0.0236. The second-order valence-electron chi connectivity index (χ2n) is 17.8. The van der Waals surface area contributed by atoms with Crippen molar-refractivity contribution in [3.05, 3.63) is 46.0 Å². The number of aryl methyl sites for hydroxylation is 1. The van der Waals surface area contributed by atoms with E-state index in [1.807, 2.05) is 0 Å². The summed E-state index contributed by atoms with van der Waals surface area (Å²) in [5, 5.41) is 33.4. The molecule has 0 bridgehead atoms. The monoisotopic (exact) mass is 1220 g/mol. The standard InChI is InChI=1S/C36H49F2N15O23P4/c1-3-67-23-24(77(59,60)69-7-15-21(55)22(56)32(73-15)52-11-45-18-27(52)46-35(40)48-29(18)57)16(74-33(23)51-10-44-17-25(39)42-9-43-26(17)51)8-71-79(63,64)76-80(65,66)75-78(61,62)70-6-14-13(4-5-68-34(37)38)20(54)31(72-14)53-12-50(2)19-28(53)47-36(41)49-30(19)58/h9-16,20-24,31-34,54-56H,3-8H2,1-2H3,(H11-,39,40,41,42,43,46,47,48,49,57,58,59,60,61,62,63,64,65,66)/p+1/t13-,14-,15-,16-,20-,21-,22-,23-,24-,31-,32-,33-/m1/s1. The van der Waals surface area contributed by atoms with Crippen molar-refractivity contribution in [2.45, 2.75) is 87.0 Å². The third-order valence-corrected chi connectivity index (χ3v) is 18.8. The number of rotatable bonds is 23. The van der Waals surface area contributed by atoms with Gasteiger partial charge in [0.15, 0.2) is 41.4 Å². The van der Waals surface area contributed by atoms with Gasteiger partial charge in [0.05, 0.1) is 52.2 Å². The predicted octanol–water partition coefficient (Wildman–Crippen LogP) is -2.37. The molecule has 16 atom stereocenters. The normalized spacial score (nSPS) is 29.4. The Kier molecular flexibility index (Phi) is 16.9. The third kappa shape index (κ3) is 12.1.